The van der Waals surface area contributed by atoms with Crippen molar-refractivity contribution in [2.45, 2.75) is 57.4 Å². The molecule has 0 spiro atoms. The number of ether oxygens (including phenoxy) is 3. The molecular formula is C29H30BCl2N5O10S2. The van der Waals surface area contributed by atoms with Crippen LogP contribution in [0.4, 0.5) is 9.93 Å². The van der Waals surface area contributed by atoms with Gasteiger partial charge in [0.1, 0.15) is 45.1 Å². The Kier molecular flexibility index (Phi) is 12.5. The van der Waals surface area contributed by atoms with Gasteiger partial charge in [0.15, 0.2) is 10.8 Å². The lowest BCUT2D eigenvalue weighted by Gasteiger charge is -2.49. The van der Waals surface area contributed by atoms with Gasteiger partial charge in [-0.05, 0) is 51.0 Å². The molecule has 3 heterocycles. The van der Waals surface area contributed by atoms with E-state index in [1.165, 1.54) is 30.7 Å². The van der Waals surface area contributed by atoms with Crippen molar-refractivity contribution in [3.05, 3.63) is 51.1 Å². The number of thiazole rings is 1. The first-order valence-electron chi connectivity index (χ1n) is 14.3. The van der Waals surface area contributed by atoms with Crippen LogP contribution in [0.25, 0.3) is 0 Å². The molecule has 2 aliphatic heterocycles. The Labute approximate surface area is 300 Å². The van der Waals surface area contributed by atoms with Crippen molar-refractivity contribution in [1.29, 1.82) is 0 Å². The van der Waals surface area contributed by atoms with E-state index < -0.39 is 58.7 Å². The Morgan fingerprint density at radius 1 is 1.20 bits per heavy atom. The summed E-state index contributed by atoms with van der Waals surface area (Å²) in [6.45, 7) is 6.19. The van der Waals surface area contributed by atoms with Gasteiger partial charge in [0, 0.05) is 11.6 Å². The minimum Gasteiger partial charge on any atom is -0.541 e. The first-order chi connectivity index (χ1) is 23.2. The van der Waals surface area contributed by atoms with E-state index in [-0.39, 0.29) is 39.1 Å². The Balaban J connectivity index is 1.53. The number of aromatic nitrogens is 1. The van der Waals surface area contributed by atoms with Crippen molar-refractivity contribution >= 4 is 95.0 Å². The molecule has 0 aliphatic carbocycles. The highest BCUT2D eigenvalue weighted by atomic mass is 35.5. The van der Waals surface area contributed by atoms with E-state index in [9.17, 15) is 24.0 Å². The van der Waals surface area contributed by atoms with Gasteiger partial charge < -0.3 is 29.0 Å². The minimum atomic E-state index is -1.36. The second-order valence-corrected chi connectivity index (χ2v) is 14.2. The predicted octanol–water partition coefficient (Wildman–Crippen LogP) is 3.52. The number of thioether (sulfide) groups is 1. The highest BCUT2D eigenvalue weighted by molar-refractivity contribution is 8.00. The van der Waals surface area contributed by atoms with Crippen molar-refractivity contribution in [3.63, 3.8) is 0 Å². The fourth-order valence-electron chi connectivity index (χ4n) is 4.28. The molecule has 2 aromatic rings. The third-order valence-corrected chi connectivity index (χ3v) is 9.43. The number of carbonyl (C=O) groups excluding carboxylic acids is 5. The summed E-state index contributed by atoms with van der Waals surface area (Å²) >= 11 is 14.6. The average Bonchev–Trinajstić information content (AvgIpc) is 3.42. The maximum atomic E-state index is 13.6. The number of anilines is 1. The fraction of sp³-hybridized carbons (Fsp3) is 0.414. The van der Waals surface area contributed by atoms with Crippen LogP contribution in [0.5, 0.6) is 5.75 Å². The molecule has 2 aliphatic rings. The zero-order valence-corrected chi connectivity index (χ0v) is 29.9. The number of alkyl halides is 1. The maximum Gasteiger partial charge on any atom is 0.413 e. The SMILES string of the molecule is [B]OC(=O)[C@@H](C)ON=C(C(=O)NC1C(=O)N2C(C(=O)OCc3ccc(OC)cc3)=C(CCl)CSC12)c1nc(NC(=O)OC(C)(C)C)sc1Cl. The molecule has 2 unspecified atom stereocenters. The molecule has 3 amide bonds. The number of hydrogen-bond acceptors (Lipinski definition) is 14. The highest BCUT2D eigenvalue weighted by Gasteiger charge is 2.54. The molecule has 1 aromatic carbocycles. The van der Waals surface area contributed by atoms with E-state index in [2.05, 4.69) is 25.4 Å². The lowest BCUT2D eigenvalue weighted by Crippen LogP contribution is -2.71. The van der Waals surface area contributed by atoms with Gasteiger partial charge in [0.2, 0.25) is 6.10 Å². The van der Waals surface area contributed by atoms with Gasteiger partial charge in [-0.2, -0.15) is 0 Å². The normalized spacial score (nSPS) is 18.1. The quantitative estimate of drug-likeness (QED) is 0.0804. The number of hydrogen-bond donors (Lipinski definition) is 2. The van der Waals surface area contributed by atoms with Gasteiger partial charge in [-0.1, -0.05) is 40.2 Å². The molecule has 3 atom stereocenters. The molecule has 2 radical (unpaired) electrons. The van der Waals surface area contributed by atoms with Crippen LogP contribution >= 0.6 is 46.3 Å². The summed E-state index contributed by atoms with van der Waals surface area (Å²) in [5, 5.41) is 8.00. The molecule has 4 rings (SSSR count). The van der Waals surface area contributed by atoms with Crippen molar-refractivity contribution in [3.8, 4) is 5.75 Å². The van der Waals surface area contributed by atoms with Crippen LogP contribution in [-0.2, 0) is 44.8 Å². The van der Waals surface area contributed by atoms with Crippen molar-refractivity contribution < 1.29 is 47.7 Å². The van der Waals surface area contributed by atoms with E-state index in [1.54, 1.807) is 45.0 Å². The fourth-order valence-corrected chi connectivity index (χ4v) is 6.99. The largest absolute Gasteiger partial charge is 0.541 e. The maximum absolute atomic E-state index is 13.6. The lowest BCUT2D eigenvalue weighted by atomic mass is 10.0. The number of benzene rings is 1. The molecule has 0 saturated carbocycles. The first-order valence-corrected chi connectivity index (χ1v) is 17.1. The summed E-state index contributed by atoms with van der Waals surface area (Å²) in [5.41, 5.74) is -0.424. The molecule has 2 N–H and O–H groups in total. The summed E-state index contributed by atoms with van der Waals surface area (Å²) in [6, 6.07) is 5.77. The molecule has 1 aromatic heterocycles. The van der Waals surface area contributed by atoms with Crippen LogP contribution < -0.4 is 15.4 Å². The smallest absolute Gasteiger partial charge is 0.413 e. The Hall–Kier alpha value is -4.00. The number of oxime groups is 1. The second kappa shape index (κ2) is 16.1. The van der Waals surface area contributed by atoms with Crippen LogP contribution in [-0.4, -0.2) is 95.4 Å². The van der Waals surface area contributed by atoms with Crippen molar-refractivity contribution in [2.75, 3.05) is 24.1 Å². The van der Waals surface area contributed by atoms with Gasteiger partial charge in [0.25, 0.3) is 11.8 Å². The zero-order chi connectivity index (χ0) is 36.0. The number of amides is 3. The summed E-state index contributed by atoms with van der Waals surface area (Å²) in [5.74, 6) is -2.48. The molecule has 260 valence electrons. The Morgan fingerprint density at radius 2 is 1.90 bits per heavy atom. The second-order valence-electron chi connectivity index (χ2n) is 11.3. The molecule has 15 nitrogen and oxygen atoms in total. The van der Waals surface area contributed by atoms with Crippen LogP contribution in [0.2, 0.25) is 4.34 Å². The number of methoxy groups -OCH3 is 1. The standard InChI is InChI=1S/C29H30BCl2N5O10S2/c1-13(25(40)46-30)47-36-18(17-21(32)49-27(34-17)35-28(42)45-29(2,3)4)22(38)33-19-23(39)37-20(15(10-31)12-48-24(19)37)26(41)44-11-14-6-8-16(43-5)9-7-14/h6-9,13,19,24H,10-12H2,1-5H3,(H,33,38)(H,34,35,42)/t13-,19?,24?/m1/s1. The molecule has 49 heavy (non-hydrogen) atoms. The molecule has 20 heteroatoms. The number of nitrogens with one attached hydrogen (secondary N) is 2. The van der Waals surface area contributed by atoms with Crippen LogP contribution in [0, 0.1) is 0 Å². The minimum absolute atomic E-state index is 0.00508. The number of carbonyl (C=O) groups is 5. The monoisotopic (exact) mass is 753 g/mol. The average molecular weight is 754 g/mol. The van der Waals surface area contributed by atoms with E-state index in [4.69, 9.17) is 50.3 Å². The molecule has 0 bridgehead atoms. The first kappa shape index (κ1) is 37.8. The van der Waals surface area contributed by atoms with Gasteiger partial charge in [-0.3, -0.25) is 19.8 Å². The highest BCUT2D eigenvalue weighted by Crippen LogP contribution is 2.41. The third kappa shape index (κ3) is 9.17. The van der Waals surface area contributed by atoms with Gasteiger partial charge >= 0.3 is 26.1 Å². The lowest BCUT2D eigenvalue weighted by molar-refractivity contribution is -0.153. The summed E-state index contributed by atoms with van der Waals surface area (Å²) in [4.78, 5) is 75.0. The Morgan fingerprint density at radius 3 is 2.51 bits per heavy atom. The summed E-state index contributed by atoms with van der Waals surface area (Å²) < 4.78 is 19.9. The van der Waals surface area contributed by atoms with Crippen LogP contribution in [0.3, 0.4) is 0 Å². The van der Waals surface area contributed by atoms with E-state index in [0.717, 1.165) is 11.3 Å². The van der Waals surface area contributed by atoms with Gasteiger partial charge in [0.05, 0.1) is 7.11 Å². The van der Waals surface area contributed by atoms with Crippen LogP contribution in [0.15, 0.2) is 40.7 Å². The van der Waals surface area contributed by atoms with E-state index >= 15 is 0 Å². The number of nitrogens with zero attached hydrogens (tertiary/aromatic N) is 3. The number of fused-ring (bicyclic) bond motifs is 1. The number of halogens is 2. The predicted molar refractivity (Wildman–Crippen MR) is 181 cm³/mol. The van der Waals surface area contributed by atoms with Gasteiger partial charge in [-0.15, -0.1) is 23.4 Å². The number of rotatable bonds is 12. The molecule has 1 saturated heterocycles. The van der Waals surface area contributed by atoms with Crippen molar-refractivity contribution in [2.24, 2.45) is 5.16 Å². The molecular weight excluding hydrogens is 724 g/mol. The molecule has 1 fully saturated rings. The van der Waals surface area contributed by atoms with Gasteiger partial charge in [-0.25, -0.2) is 19.4 Å². The number of esters is 1. The summed E-state index contributed by atoms with van der Waals surface area (Å²) in [7, 11) is 6.45. The summed E-state index contributed by atoms with van der Waals surface area (Å²) in [6.07, 6.45) is -2.19. The Bertz CT molecular complexity index is 1680. The van der Waals surface area contributed by atoms with Crippen LogP contribution in [0.1, 0.15) is 39.0 Å². The third-order valence-electron chi connectivity index (χ3n) is 6.60. The van der Waals surface area contributed by atoms with Crippen molar-refractivity contribution in [1.82, 2.24) is 15.2 Å². The topological polar surface area (TPSA) is 184 Å². The van der Waals surface area contributed by atoms with E-state index in [0.29, 0.717) is 16.9 Å². The zero-order valence-electron chi connectivity index (χ0n) is 26.7. The van der Waals surface area contributed by atoms with E-state index in [1.807, 2.05) is 0 Å². The number of β-lactam (4-membered cyclic amide) rings is 1.